The first-order chi connectivity index (χ1) is 16.5. The lowest BCUT2D eigenvalue weighted by Crippen LogP contribution is -2.54. The summed E-state index contributed by atoms with van der Waals surface area (Å²) in [6, 6.07) is 7.52. The largest absolute Gasteiger partial charge is 0.428 e. The average molecular weight is 524 g/mol. The fourth-order valence-electron chi connectivity index (χ4n) is 4.23. The van der Waals surface area contributed by atoms with Crippen LogP contribution in [0.2, 0.25) is 0 Å². The molecule has 1 saturated carbocycles. The van der Waals surface area contributed by atoms with Crippen molar-refractivity contribution in [3.8, 4) is 0 Å². The van der Waals surface area contributed by atoms with Gasteiger partial charge in [0.1, 0.15) is 5.84 Å². The number of carbonyl (C=O) groups is 3. The molecule has 1 saturated heterocycles. The number of nitrogens with two attached hydrogens (primary N) is 1. The van der Waals surface area contributed by atoms with Gasteiger partial charge in [-0.15, -0.1) is 12.4 Å². The van der Waals surface area contributed by atoms with Gasteiger partial charge in [-0.3, -0.25) is 15.0 Å². The van der Waals surface area contributed by atoms with Crippen LogP contribution in [0.25, 0.3) is 0 Å². The van der Waals surface area contributed by atoms with Crippen LogP contribution in [0, 0.1) is 16.7 Å². The van der Waals surface area contributed by atoms with E-state index in [0.717, 1.165) is 18.8 Å². The zero-order chi connectivity index (χ0) is 25.6. The molecule has 0 atom stereocenters. The third-order valence-corrected chi connectivity index (χ3v) is 6.50. The molecule has 10 nitrogen and oxygen atoms in total. The Balaban J connectivity index is 0.00000456. The standard InChI is InChI=1S/C25H37N5O5.ClH/c1-25(2,3)23(32)35-16-34-22(31)18-4-8-19(9-5-18)28-24(33)30-14-12-29(13-15-30)20-10-6-17(7-11-20)21(26)27;/h6-7,10-11,18-19H,4-5,8-9,12-16H2,1-3H3,(H3,26,27)(H,28,33);1H. The van der Waals surface area contributed by atoms with Crippen LogP contribution >= 0.6 is 12.4 Å². The third kappa shape index (κ3) is 8.01. The minimum absolute atomic E-state index is 0. The fourth-order valence-corrected chi connectivity index (χ4v) is 4.23. The molecule has 1 aliphatic heterocycles. The highest BCUT2D eigenvalue weighted by molar-refractivity contribution is 5.95. The van der Waals surface area contributed by atoms with Gasteiger partial charge in [0.25, 0.3) is 0 Å². The number of hydrogen-bond donors (Lipinski definition) is 3. The van der Waals surface area contributed by atoms with E-state index in [1.165, 1.54) is 0 Å². The Morgan fingerprint density at radius 1 is 1.00 bits per heavy atom. The monoisotopic (exact) mass is 523 g/mol. The van der Waals surface area contributed by atoms with Crippen molar-refractivity contribution in [3.05, 3.63) is 29.8 Å². The number of rotatable bonds is 6. The summed E-state index contributed by atoms with van der Waals surface area (Å²) >= 11 is 0. The van der Waals surface area contributed by atoms with Crippen molar-refractivity contribution in [2.45, 2.75) is 52.5 Å². The maximum Gasteiger partial charge on any atom is 0.317 e. The second-order valence-corrected chi connectivity index (χ2v) is 10.2. The van der Waals surface area contributed by atoms with Gasteiger partial charge in [-0.2, -0.15) is 0 Å². The molecular formula is C25H38ClN5O5. The van der Waals surface area contributed by atoms with Gasteiger partial charge in [-0.25, -0.2) is 4.79 Å². The predicted molar refractivity (Wildman–Crippen MR) is 139 cm³/mol. The number of carbonyl (C=O) groups excluding carboxylic acids is 3. The number of nitrogens with zero attached hydrogens (tertiary/aromatic N) is 2. The number of amides is 2. The molecule has 0 radical (unpaired) electrons. The molecule has 36 heavy (non-hydrogen) atoms. The Bertz CT molecular complexity index is 918. The molecule has 11 heteroatoms. The first-order valence-corrected chi connectivity index (χ1v) is 12.1. The number of nitrogen functional groups attached to an aromatic ring is 1. The molecule has 0 unspecified atom stereocenters. The van der Waals surface area contributed by atoms with E-state index in [4.69, 9.17) is 20.6 Å². The number of amidine groups is 1. The average Bonchev–Trinajstić information content (AvgIpc) is 2.84. The van der Waals surface area contributed by atoms with Crippen molar-refractivity contribution in [2.75, 3.05) is 37.9 Å². The van der Waals surface area contributed by atoms with Gasteiger partial charge in [-0.05, 0) is 70.7 Å². The van der Waals surface area contributed by atoms with Gasteiger partial charge in [0, 0.05) is 43.5 Å². The van der Waals surface area contributed by atoms with Gasteiger partial charge >= 0.3 is 18.0 Å². The smallest absolute Gasteiger partial charge is 0.317 e. The molecule has 1 aromatic carbocycles. The van der Waals surface area contributed by atoms with Gasteiger partial charge in [0.15, 0.2) is 0 Å². The van der Waals surface area contributed by atoms with E-state index in [0.29, 0.717) is 44.3 Å². The molecule has 2 fully saturated rings. The Labute approximate surface area is 218 Å². The minimum Gasteiger partial charge on any atom is -0.428 e. The second kappa shape index (κ2) is 12.8. The van der Waals surface area contributed by atoms with E-state index in [1.807, 2.05) is 29.2 Å². The van der Waals surface area contributed by atoms with Gasteiger partial charge in [0.05, 0.1) is 11.3 Å². The number of anilines is 1. The molecule has 2 amide bonds. The highest BCUT2D eigenvalue weighted by Gasteiger charge is 2.30. The zero-order valence-corrected chi connectivity index (χ0v) is 22.1. The second-order valence-electron chi connectivity index (χ2n) is 10.2. The number of hydrogen-bond acceptors (Lipinski definition) is 7. The fraction of sp³-hybridized carbons (Fsp3) is 0.600. The number of halogens is 1. The van der Waals surface area contributed by atoms with Crippen LogP contribution in [-0.4, -0.2) is 67.7 Å². The predicted octanol–water partition coefficient (Wildman–Crippen LogP) is 2.87. The lowest BCUT2D eigenvalue weighted by molar-refractivity contribution is -0.176. The van der Waals surface area contributed by atoms with Gasteiger partial charge < -0.3 is 30.3 Å². The van der Waals surface area contributed by atoms with E-state index >= 15 is 0 Å². The number of nitrogens with one attached hydrogen (secondary N) is 2. The number of benzene rings is 1. The first-order valence-electron chi connectivity index (χ1n) is 12.1. The van der Waals surface area contributed by atoms with Crippen molar-refractivity contribution < 1.29 is 23.9 Å². The Morgan fingerprint density at radius 2 is 1.58 bits per heavy atom. The first kappa shape index (κ1) is 29.2. The Morgan fingerprint density at radius 3 is 2.11 bits per heavy atom. The molecule has 1 heterocycles. The lowest BCUT2D eigenvalue weighted by atomic mass is 9.86. The quantitative estimate of drug-likeness (QED) is 0.225. The van der Waals surface area contributed by atoms with Crippen LogP contribution in [0.3, 0.4) is 0 Å². The minimum atomic E-state index is -0.642. The lowest BCUT2D eigenvalue weighted by Gasteiger charge is -2.37. The van der Waals surface area contributed by atoms with Crippen molar-refractivity contribution in [2.24, 2.45) is 17.1 Å². The molecule has 0 spiro atoms. The Kier molecular flexibility index (Phi) is 10.4. The van der Waals surface area contributed by atoms with Gasteiger partial charge in [0.2, 0.25) is 6.79 Å². The summed E-state index contributed by atoms with van der Waals surface area (Å²) in [6.45, 7) is 7.55. The van der Waals surface area contributed by atoms with Crippen molar-refractivity contribution >= 4 is 41.9 Å². The topological polar surface area (TPSA) is 138 Å². The van der Waals surface area contributed by atoms with Crippen LogP contribution in [0.1, 0.15) is 52.0 Å². The molecule has 0 bridgehead atoms. The number of piperazine rings is 1. The Hall–Kier alpha value is -3.01. The van der Waals surface area contributed by atoms with Crippen LogP contribution in [0.4, 0.5) is 10.5 Å². The molecule has 1 aromatic rings. The van der Waals surface area contributed by atoms with E-state index in [9.17, 15) is 14.4 Å². The molecular weight excluding hydrogens is 486 g/mol. The zero-order valence-electron chi connectivity index (χ0n) is 21.2. The molecule has 0 aromatic heterocycles. The highest BCUT2D eigenvalue weighted by atomic mass is 35.5. The third-order valence-electron chi connectivity index (χ3n) is 6.50. The molecule has 4 N–H and O–H groups in total. The van der Waals surface area contributed by atoms with E-state index in [2.05, 4.69) is 10.2 Å². The van der Waals surface area contributed by atoms with Crippen LogP contribution < -0.4 is 16.0 Å². The van der Waals surface area contributed by atoms with Crippen molar-refractivity contribution in [1.82, 2.24) is 10.2 Å². The van der Waals surface area contributed by atoms with E-state index < -0.39 is 11.4 Å². The van der Waals surface area contributed by atoms with Crippen molar-refractivity contribution in [3.63, 3.8) is 0 Å². The molecule has 1 aliphatic carbocycles. The number of esters is 2. The summed E-state index contributed by atoms with van der Waals surface area (Å²) in [7, 11) is 0. The summed E-state index contributed by atoms with van der Waals surface area (Å²) in [5.74, 6) is -0.965. The van der Waals surface area contributed by atoms with Crippen LogP contribution in [0.15, 0.2) is 24.3 Å². The summed E-state index contributed by atoms with van der Waals surface area (Å²) < 4.78 is 10.1. The summed E-state index contributed by atoms with van der Waals surface area (Å²) in [4.78, 5) is 40.8. The van der Waals surface area contributed by atoms with Crippen molar-refractivity contribution in [1.29, 1.82) is 5.41 Å². The molecule has 200 valence electrons. The maximum atomic E-state index is 12.7. The SMILES string of the molecule is CC(C)(C)C(=O)OCOC(=O)C1CCC(NC(=O)N2CCN(c3ccc(C(=N)N)cc3)CC2)CC1.Cl. The van der Waals surface area contributed by atoms with Crippen LogP contribution in [0.5, 0.6) is 0 Å². The highest BCUT2D eigenvalue weighted by Crippen LogP contribution is 2.26. The molecule has 3 rings (SSSR count). The number of urea groups is 1. The number of ether oxygens (including phenoxy) is 2. The maximum absolute atomic E-state index is 12.7. The summed E-state index contributed by atoms with van der Waals surface area (Å²) in [5.41, 5.74) is 6.62. The molecule has 2 aliphatic rings. The summed E-state index contributed by atoms with van der Waals surface area (Å²) in [5, 5.41) is 10.6. The summed E-state index contributed by atoms with van der Waals surface area (Å²) in [6.07, 6.45) is 2.66. The van der Waals surface area contributed by atoms with E-state index in [-0.39, 0.29) is 49.0 Å². The van der Waals surface area contributed by atoms with Gasteiger partial charge in [-0.1, -0.05) is 0 Å². The normalized spacial score (nSPS) is 20.1. The van der Waals surface area contributed by atoms with Crippen LogP contribution in [-0.2, 0) is 19.1 Å². The van der Waals surface area contributed by atoms with E-state index in [1.54, 1.807) is 20.8 Å².